The van der Waals surface area contributed by atoms with E-state index in [0.717, 1.165) is 0 Å². The van der Waals surface area contributed by atoms with Crippen LogP contribution in [0.4, 0.5) is 0 Å². The molecule has 0 fully saturated rings. The summed E-state index contributed by atoms with van der Waals surface area (Å²) in [6.07, 6.45) is 0. The van der Waals surface area contributed by atoms with Crippen molar-refractivity contribution in [2.45, 2.75) is 0 Å². The number of rotatable bonds is 5. The summed E-state index contributed by atoms with van der Waals surface area (Å²) in [5, 5.41) is 2.58. The molecular formula is C5H13N3O2. The molecule has 0 aliphatic rings. The van der Waals surface area contributed by atoms with Crippen molar-refractivity contribution in [2.75, 3.05) is 26.8 Å². The second kappa shape index (κ2) is 6.47. The highest BCUT2D eigenvalue weighted by atomic mass is 16.5. The van der Waals surface area contributed by atoms with Crippen LogP contribution in [0.5, 0.6) is 0 Å². The topological polar surface area (TPSA) is 76.4 Å². The van der Waals surface area contributed by atoms with Gasteiger partial charge in [0.2, 0.25) is 5.91 Å². The number of hydrazine groups is 1. The largest absolute Gasteiger partial charge is 0.383 e. The van der Waals surface area contributed by atoms with E-state index in [-0.39, 0.29) is 12.5 Å². The third kappa shape index (κ3) is 5.49. The maximum Gasteiger partial charge on any atom is 0.235 e. The molecule has 0 atom stereocenters. The van der Waals surface area contributed by atoms with Gasteiger partial charge in [-0.25, -0.2) is 0 Å². The number of ether oxygens (including phenoxy) is 1. The number of nitrogens with two attached hydrogens (primary N) is 1. The molecule has 0 aliphatic carbocycles. The Kier molecular flexibility index (Phi) is 6.05. The van der Waals surface area contributed by atoms with E-state index in [9.17, 15) is 4.79 Å². The zero-order valence-electron chi connectivity index (χ0n) is 6.02. The predicted molar refractivity (Wildman–Crippen MR) is 37.1 cm³/mol. The van der Waals surface area contributed by atoms with Gasteiger partial charge in [0.25, 0.3) is 0 Å². The summed E-state index contributed by atoms with van der Waals surface area (Å²) in [5.41, 5.74) is 2.24. The van der Waals surface area contributed by atoms with Crippen molar-refractivity contribution >= 4 is 5.91 Å². The van der Waals surface area contributed by atoms with Gasteiger partial charge in [0, 0.05) is 13.7 Å². The van der Waals surface area contributed by atoms with Crippen molar-refractivity contribution in [2.24, 2.45) is 5.84 Å². The smallest absolute Gasteiger partial charge is 0.235 e. The number of methoxy groups -OCH3 is 1. The van der Waals surface area contributed by atoms with Gasteiger partial charge in [-0.2, -0.15) is 0 Å². The Labute approximate surface area is 59.9 Å². The van der Waals surface area contributed by atoms with Crippen LogP contribution in [0.2, 0.25) is 0 Å². The molecule has 0 aliphatic heterocycles. The fourth-order valence-electron chi connectivity index (χ4n) is 0.448. The zero-order chi connectivity index (χ0) is 7.82. The van der Waals surface area contributed by atoms with Crippen LogP contribution in [0, 0.1) is 0 Å². The van der Waals surface area contributed by atoms with Gasteiger partial charge < -0.3 is 10.1 Å². The van der Waals surface area contributed by atoms with Crippen LogP contribution < -0.4 is 16.6 Å². The second-order valence-electron chi connectivity index (χ2n) is 1.72. The molecule has 60 valence electrons. The molecule has 10 heavy (non-hydrogen) atoms. The molecule has 0 rings (SSSR count). The van der Waals surface area contributed by atoms with Gasteiger partial charge in [-0.05, 0) is 0 Å². The van der Waals surface area contributed by atoms with Crippen LogP contribution in [0.25, 0.3) is 0 Å². The first-order chi connectivity index (χ1) is 4.81. The highest BCUT2D eigenvalue weighted by Gasteiger charge is 1.95. The van der Waals surface area contributed by atoms with Crippen molar-refractivity contribution in [1.82, 2.24) is 10.7 Å². The number of hydrogen-bond acceptors (Lipinski definition) is 4. The molecule has 0 heterocycles. The molecule has 5 nitrogen and oxygen atoms in total. The zero-order valence-corrected chi connectivity index (χ0v) is 6.02. The van der Waals surface area contributed by atoms with Crippen molar-refractivity contribution in [3.63, 3.8) is 0 Å². The van der Waals surface area contributed by atoms with Gasteiger partial charge in [0.05, 0.1) is 13.2 Å². The number of carbonyl (C=O) groups is 1. The lowest BCUT2D eigenvalue weighted by Gasteiger charge is -2.02. The van der Waals surface area contributed by atoms with Crippen LogP contribution >= 0.6 is 0 Å². The Balaban J connectivity index is 3.05. The monoisotopic (exact) mass is 147 g/mol. The van der Waals surface area contributed by atoms with E-state index in [1.807, 2.05) is 0 Å². The Morgan fingerprint density at radius 2 is 2.40 bits per heavy atom. The second-order valence-corrected chi connectivity index (χ2v) is 1.72. The van der Waals surface area contributed by atoms with Gasteiger partial charge in [0.15, 0.2) is 0 Å². The third-order valence-electron chi connectivity index (χ3n) is 0.891. The fourth-order valence-corrected chi connectivity index (χ4v) is 0.448. The Hall–Kier alpha value is -0.650. The summed E-state index contributed by atoms with van der Waals surface area (Å²) < 4.78 is 4.70. The van der Waals surface area contributed by atoms with Crippen LogP contribution in [0.15, 0.2) is 0 Å². The lowest BCUT2D eigenvalue weighted by Crippen LogP contribution is -2.38. The van der Waals surface area contributed by atoms with Gasteiger partial charge in [-0.3, -0.25) is 16.1 Å². The lowest BCUT2D eigenvalue weighted by molar-refractivity contribution is -0.120. The summed E-state index contributed by atoms with van der Waals surface area (Å²) >= 11 is 0. The molecule has 0 radical (unpaired) electrons. The molecule has 0 spiro atoms. The molecule has 0 aromatic rings. The van der Waals surface area contributed by atoms with Gasteiger partial charge >= 0.3 is 0 Å². The van der Waals surface area contributed by atoms with E-state index < -0.39 is 0 Å². The van der Waals surface area contributed by atoms with Crippen molar-refractivity contribution in [3.05, 3.63) is 0 Å². The molecule has 0 unspecified atom stereocenters. The average molecular weight is 147 g/mol. The van der Waals surface area contributed by atoms with Crippen molar-refractivity contribution in [1.29, 1.82) is 0 Å². The minimum atomic E-state index is -0.125. The molecule has 5 heteroatoms. The first-order valence-corrected chi connectivity index (χ1v) is 3.00. The van der Waals surface area contributed by atoms with E-state index in [2.05, 4.69) is 10.7 Å². The van der Waals surface area contributed by atoms with Crippen LogP contribution in [-0.4, -0.2) is 32.7 Å². The summed E-state index contributed by atoms with van der Waals surface area (Å²) in [4.78, 5) is 10.6. The van der Waals surface area contributed by atoms with Gasteiger partial charge in [-0.1, -0.05) is 0 Å². The summed E-state index contributed by atoms with van der Waals surface area (Å²) in [6, 6.07) is 0. The molecular weight excluding hydrogens is 134 g/mol. The van der Waals surface area contributed by atoms with Gasteiger partial charge in [0.1, 0.15) is 0 Å². The van der Waals surface area contributed by atoms with E-state index in [4.69, 9.17) is 10.6 Å². The van der Waals surface area contributed by atoms with E-state index in [1.165, 1.54) is 0 Å². The SMILES string of the molecule is COCCNC(=O)CNN. The molecule has 0 bridgehead atoms. The minimum absolute atomic E-state index is 0.125. The molecule has 0 saturated carbocycles. The first-order valence-electron chi connectivity index (χ1n) is 3.00. The van der Waals surface area contributed by atoms with Gasteiger partial charge in [-0.15, -0.1) is 0 Å². The quantitative estimate of drug-likeness (QED) is 0.244. The summed E-state index contributed by atoms with van der Waals surface area (Å²) in [5.74, 6) is 4.77. The van der Waals surface area contributed by atoms with Crippen molar-refractivity contribution < 1.29 is 9.53 Å². The first kappa shape index (κ1) is 9.35. The molecule has 1 amide bonds. The highest BCUT2D eigenvalue weighted by molar-refractivity contribution is 5.77. The number of nitrogens with one attached hydrogen (secondary N) is 2. The molecule has 0 aromatic carbocycles. The summed E-state index contributed by atoms with van der Waals surface area (Å²) in [6.45, 7) is 1.19. The standard InChI is InChI=1S/C5H13N3O2/c1-10-3-2-7-5(9)4-8-6/h8H,2-4,6H2,1H3,(H,7,9). The van der Waals surface area contributed by atoms with E-state index in [1.54, 1.807) is 7.11 Å². The maximum absolute atomic E-state index is 10.6. The third-order valence-corrected chi connectivity index (χ3v) is 0.891. The maximum atomic E-state index is 10.6. The highest BCUT2D eigenvalue weighted by Crippen LogP contribution is 1.64. The number of carbonyl (C=O) groups excluding carboxylic acids is 1. The molecule has 4 N–H and O–H groups in total. The molecule has 0 aromatic heterocycles. The minimum Gasteiger partial charge on any atom is -0.383 e. The van der Waals surface area contributed by atoms with Crippen LogP contribution in [-0.2, 0) is 9.53 Å². The number of hydrogen-bond donors (Lipinski definition) is 3. The number of amides is 1. The van der Waals surface area contributed by atoms with Crippen LogP contribution in [0.3, 0.4) is 0 Å². The lowest BCUT2D eigenvalue weighted by atomic mass is 10.5. The van der Waals surface area contributed by atoms with Crippen LogP contribution in [0.1, 0.15) is 0 Å². The summed E-state index contributed by atoms with van der Waals surface area (Å²) in [7, 11) is 1.58. The average Bonchev–Trinajstić information content (AvgIpc) is 1.89. The Bertz CT molecular complexity index is 96.9. The predicted octanol–water partition coefficient (Wildman–Crippen LogP) is -1.79. The van der Waals surface area contributed by atoms with E-state index in [0.29, 0.717) is 13.2 Å². The fraction of sp³-hybridized carbons (Fsp3) is 0.800. The van der Waals surface area contributed by atoms with Crippen molar-refractivity contribution in [3.8, 4) is 0 Å². The van der Waals surface area contributed by atoms with E-state index >= 15 is 0 Å². The molecule has 0 saturated heterocycles. The normalized spacial score (nSPS) is 9.40. The Morgan fingerprint density at radius 1 is 1.70 bits per heavy atom. The Morgan fingerprint density at radius 3 is 2.90 bits per heavy atom.